The highest BCUT2D eigenvalue weighted by atomic mass is 79.9. The summed E-state index contributed by atoms with van der Waals surface area (Å²) in [7, 11) is 0. The molecule has 1 aliphatic rings. The van der Waals surface area contributed by atoms with Crippen molar-refractivity contribution in [3.63, 3.8) is 0 Å². The normalized spacial score (nSPS) is 16.8. The van der Waals surface area contributed by atoms with Gasteiger partial charge < -0.3 is 11.1 Å². The van der Waals surface area contributed by atoms with Crippen molar-refractivity contribution in [1.82, 2.24) is 5.32 Å². The van der Waals surface area contributed by atoms with Gasteiger partial charge in [0.25, 0.3) is 0 Å². The van der Waals surface area contributed by atoms with Gasteiger partial charge in [0.2, 0.25) is 0 Å². The van der Waals surface area contributed by atoms with Crippen LogP contribution in [0.3, 0.4) is 0 Å². The second kappa shape index (κ2) is 6.90. The minimum absolute atomic E-state index is 0.204. The molecule has 2 nitrogen and oxygen atoms in total. The number of nitrogens with two attached hydrogens (primary N) is 1. The number of nitrogens with one attached hydrogen (secondary N) is 1. The first-order valence-electron chi connectivity index (χ1n) is 6.59. The Kier molecular flexibility index (Phi) is 5.49. The van der Waals surface area contributed by atoms with Gasteiger partial charge in [-0.1, -0.05) is 30.5 Å². The maximum atomic E-state index is 6.11. The molecule has 0 aliphatic heterocycles. The second-order valence-corrected chi connectivity index (χ2v) is 6.26. The van der Waals surface area contributed by atoms with Gasteiger partial charge in [0, 0.05) is 17.1 Å². The number of hydrogen-bond donors (Lipinski definition) is 2. The molecule has 0 aromatic heterocycles. The Bertz CT molecular complexity index is 393. The van der Waals surface area contributed by atoms with Gasteiger partial charge in [0.15, 0.2) is 0 Å². The highest BCUT2D eigenvalue weighted by molar-refractivity contribution is 9.10. The van der Waals surface area contributed by atoms with Gasteiger partial charge in [-0.2, -0.15) is 0 Å². The molecule has 1 atom stereocenters. The van der Waals surface area contributed by atoms with E-state index < -0.39 is 0 Å². The molecule has 1 unspecified atom stereocenters. The third kappa shape index (κ3) is 4.23. The fraction of sp³-hybridized carbons (Fsp3) is 0.571. The van der Waals surface area contributed by atoms with Gasteiger partial charge in [0.1, 0.15) is 0 Å². The van der Waals surface area contributed by atoms with Crippen LogP contribution in [0.4, 0.5) is 0 Å². The van der Waals surface area contributed by atoms with Crippen LogP contribution in [0.15, 0.2) is 22.7 Å². The first-order valence-corrected chi connectivity index (χ1v) is 7.76. The van der Waals surface area contributed by atoms with Crippen LogP contribution in [-0.2, 0) is 0 Å². The van der Waals surface area contributed by atoms with Gasteiger partial charge >= 0.3 is 0 Å². The summed E-state index contributed by atoms with van der Waals surface area (Å²) in [5.41, 5.74) is 6.99. The molecule has 1 fully saturated rings. The van der Waals surface area contributed by atoms with Crippen LogP contribution in [0, 0.1) is 5.92 Å². The zero-order valence-electron chi connectivity index (χ0n) is 10.5. The van der Waals surface area contributed by atoms with Gasteiger partial charge in [-0.05, 0) is 58.9 Å². The van der Waals surface area contributed by atoms with Crippen molar-refractivity contribution < 1.29 is 0 Å². The molecule has 18 heavy (non-hydrogen) atoms. The monoisotopic (exact) mass is 330 g/mol. The quantitative estimate of drug-likeness (QED) is 0.744. The summed E-state index contributed by atoms with van der Waals surface area (Å²) in [6.45, 7) is 1.63. The Labute approximate surface area is 122 Å². The molecule has 0 amide bonds. The van der Waals surface area contributed by atoms with Gasteiger partial charge in [-0.3, -0.25) is 0 Å². The van der Waals surface area contributed by atoms with Crippen LogP contribution >= 0.6 is 27.5 Å². The summed E-state index contributed by atoms with van der Waals surface area (Å²) in [4.78, 5) is 0. The van der Waals surface area contributed by atoms with Gasteiger partial charge in [-0.25, -0.2) is 0 Å². The highest BCUT2D eigenvalue weighted by Gasteiger charge is 2.20. The van der Waals surface area contributed by atoms with Crippen molar-refractivity contribution in [2.75, 3.05) is 13.1 Å². The average Bonchev–Trinajstić information content (AvgIpc) is 3.17. The molecule has 0 saturated heterocycles. The fourth-order valence-electron chi connectivity index (χ4n) is 2.14. The lowest BCUT2D eigenvalue weighted by Gasteiger charge is -2.18. The molecular formula is C14H20BrClN2. The average molecular weight is 332 g/mol. The molecule has 0 spiro atoms. The van der Waals surface area contributed by atoms with E-state index in [2.05, 4.69) is 27.3 Å². The summed E-state index contributed by atoms with van der Waals surface area (Å²) in [6, 6.07) is 6.24. The first-order chi connectivity index (χ1) is 8.70. The molecule has 1 aromatic carbocycles. The van der Waals surface area contributed by atoms with E-state index in [9.17, 15) is 0 Å². The minimum atomic E-state index is 0.204. The molecule has 1 saturated carbocycles. The van der Waals surface area contributed by atoms with Crippen molar-refractivity contribution >= 4 is 27.5 Å². The molecule has 3 N–H and O–H groups in total. The van der Waals surface area contributed by atoms with E-state index in [4.69, 9.17) is 17.3 Å². The van der Waals surface area contributed by atoms with Crippen LogP contribution in [0.1, 0.15) is 37.3 Å². The van der Waals surface area contributed by atoms with Crippen molar-refractivity contribution in [2.45, 2.75) is 31.7 Å². The van der Waals surface area contributed by atoms with E-state index >= 15 is 0 Å². The first kappa shape index (κ1) is 14.3. The molecule has 0 bridgehead atoms. The SMILES string of the molecule is NCC(NCCCC1CC1)c1ccc(Br)c(Cl)c1. The van der Waals surface area contributed by atoms with Crippen molar-refractivity contribution in [1.29, 1.82) is 0 Å². The van der Waals surface area contributed by atoms with Crippen LogP contribution in [0.5, 0.6) is 0 Å². The Morgan fingerprint density at radius 3 is 2.83 bits per heavy atom. The fourth-order valence-corrected chi connectivity index (χ4v) is 2.58. The predicted octanol–water partition coefficient (Wildman–Crippen LogP) is 3.88. The molecule has 1 aliphatic carbocycles. The predicted molar refractivity (Wildman–Crippen MR) is 80.9 cm³/mol. The standard InChI is InChI=1S/C14H20BrClN2/c15-12-6-5-11(8-13(12)16)14(9-17)18-7-1-2-10-3-4-10/h5-6,8,10,14,18H,1-4,7,9,17H2. The zero-order chi connectivity index (χ0) is 13.0. The van der Waals surface area contributed by atoms with Crippen molar-refractivity contribution in [3.8, 4) is 0 Å². The second-order valence-electron chi connectivity index (χ2n) is 5.00. The lowest BCUT2D eigenvalue weighted by molar-refractivity contribution is 0.512. The highest BCUT2D eigenvalue weighted by Crippen LogP contribution is 2.33. The third-order valence-electron chi connectivity index (χ3n) is 3.46. The van der Waals surface area contributed by atoms with E-state index in [1.807, 2.05) is 12.1 Å². The number of halogens is 2. The number of hydrogen-bond acceptors (Lipinski definition) is 2. The lowest BCUT2D eigenvalue weighted by atomic mass is 10.1. The Morgan fingerprint density at radius 1 is 1.44 bits per heavy atom. The molecule has 0 heterocycles. The summed E-state index contributed by atoms with van der Waals surface area (Å²) in [5.74, 6) is 1.00. The van der Waals surface area contributed by atoms with E-state index in [0.717, 1.165) is 27.5 Å². The molecule has 2 rings (SSSR count). The van der Waals surface area contributed by atoms with Crippen molar-refractivity contribution in [3.05, 3.63) is 33.3 Å². The summed E-state index contributed by atoms with van der Waals surface area (Å²) in [6.07, 6.45) is 5.46. The van der Waals surface area contributed by atoms with E-state index in [0.29, 0.717) is 6.54 Å². The molecule has 1 aromatic rings. The number of rotatable bonds is 7. The maximum Gasteiger partial charge on any atom is 0.0551 e. The Hall–Kier alpha value is -0.0900. The van der Waals surface area contributed by atoms with Gasteiger partial charge in [-0.15, -0.1) is 0 Å². The topological polar surface area (TPSA) is 38.0 Å². The molecular weight excluding hydrogens is 312 g/mol. The lowest BCUT2D eigenvalue weighted by Crippen LogP contribution is -2.29. The third-order valence-corrected chi connectivity index (χ3v) is 4.69. The molecule has 100 valence electrons. The maximum absolute atomic E-state index is 6.11. The summed E-state index contributed by atoms with van der Waals surface area (Å²) in [5, 5.41) is 4.26. The number of benzene rings is 1. The van der Waals surface area contributed by atoms with E-state index in [-0.39, 0.29) is 6.04 Å². The van der Waals surface area contributed by atoms with Crippen LogP contribution in [0.25, 0.3) is 0 Å². The van der Waals surface area contributed by atoms with E-state index in [1.165, 1.54) is 25.7 Å². The van der Waals surface area contributed by atoms with Crippen LogP contribution in [0.2, 0.25) is 5.02 Å². The Morgan fingerprint density at radius 2 is 2.22 bits per heavy atom. The van der Waals surface area contributed by atoms with Crippen molar-refractivity contribution in [2.24, 2.45) is 11.7 Å². The smallest absolute Gasteiger partial charge is 0.0551 e. The zero-order valence-corrected chi connectivity index (χ0v) is 12.8. The minimum Gasteiger partial charge on any atom is -0.329 e. The molecule has 4 heteroatoms. The molecule has 0 radical (unpaired) electrons. The van der Waals surface area contributed by atoms with Gasteiger partial charge in [0.05, 0.1) is 5.02 Å². The summed E-state index contributed by atoms with van der Waals surface area (Å²) < 4.78 is 0.928. The summed E-state index contributed by atoms with van der Waals surface area (Å²) >= 11 is 9.51. The van der Waals surface area contributed by atoms with Crippen LogP contribution in [-0.4, -0.2) is 13.1 Å². The Balaban J connectivity index is 1.83. The van der Waals surface area contributed by atoms with E-state index in [1.54, 1.807) is 0 Å². The largest absolute Gasteiger partial charge is 0.329 e. The van der Waals surface area contributed by atoms with Crippen LogP contribution < -0.4 is 11.1 Å².